The summed E-state index contributed by atoms with van der Waals surface area (Å²) >= 11 is 0. The number of aliphatic imine (C=N–C) groups is 1. The number of fused-ring (bicyclic) bond motifs is 1. The van der Waals surface area contributed by atoms with Gasteiger partial charge in [-0.3, -0.25) is 14.6 Å². The van der Waals surface area contributed by atoms with Crippen molar-refractivity contribution in [1.82, 2.24) is 29.7 Å². The van der Waals surface area contributed by atoms with Crippen molar-refractivity contribution >= 4 is 40.6 Å². The third kappa shape index (κ3) is 5.76. The maximum atomic E-state index is 13.1. The third-order valence-electron chi connectivity index (χ3n) is 4.51. The highest BCUT2D eigenvalue weighted by Gasteiger charge is 2.27. The van der Waals surface area contributed by atoms with E-state index >= 15 is 0 Å². The fraction of sp³-hybridized carbons (Fsp3) is 0.529. The number of imidazole rings is 1. The molecular formula is C17H29N11O2. The average Bonchev–Trinajstić information content (AvgIpc) is 3.05. The summed E-state index contributed by atoms with van der Waals surface area (Å²) < 4.78 is 1.54. The normalized spacial score (nSPS) is 11.9. The number of carbonyl (C=O) groups excluding carboxylic acids is 2. The lowest BCUT2D eigenvalue weighted by Gasteiger charge is -2.30. The third-order valence-corrected chi connectivity index (χ3v) is 4.51. The maximum absolute atomic E-state index is 13.1. The van der Waals surface area contributed by atoms with E-state index in [1.54, 1.807) is 11.9 Å². The van der Waals surface area contributed by atoms with Gasteiger partial charge in [-0.25, -0.2) is 4.98 Å². The van der Waals surface area contributed by atoms with Gasteiger partial charge in [0.05, 0.1) is 12.4 Å². The minimum absolute atomic E-state index is 0.00925. The Bertz CT molecular complexity index is 920. The van der Waals surface area contributed by atoms with E-state index in [1.165, 1.54) is 17.8 Å². The number of nitrogens with one attached hydrogen (secondary N) is 1. The van der Waals surface area contributed by atoms with Gasteiger partial charge in [0.25, 0.3) is 0 Å². The topological polar surface area (TPSA) is 209 Å². The van der Waals surface area contributed by atoms with Crippen LogP contribution in [0.3, 0.4) is 0 Å². The molecule has 164 valence electrons. The van der Waals surface area contributed by atoms with Crippen LogP contribution in [-0.4, -0.2) is 74.8 Å². The molecular weight excluding hydrogens is 390 g/mol. The first-order valence-electron chi connectivity index (χ1n) is 9.48. The fourth-order valence-electron chi connectivity index (χ4n) is 3.09. The van der Waals surface area contributed by atoms with Crippen LogP contribution in [0.5, 0.6) is 0 Å². The second-order valence-electron chi connectivity index (χ2n) is 6.78. The van der Waals surface area contributed by atoms with Crippen molar-refractivity contribution in [2.75, 3.05) is 38.1 Å². The summed E-state index contributed by atoms with van der Waals surface area (Å²) in [6.07, 6.45) is 2.44. The molecule has 2 aromatic rings. The zero-order valence-electron chi connectivity index (χ0n) is 17.2. The molecule has 0 saturated carbocycles. The molecule has 1 atom stereocenters. The molecule has 0 aromatic carbocycles. The van der Waals surface area contributed by atoms with E-state index in [-0.39, 0.29) is 36.0 Å². The van der Waals surface area contributed by atoms with Crippen LogP contribution < -0.4 is 28.3 Å². The quantitative estimate of drug-likeness (QED) is 0.154. The predicted molar refractivity (Wildman–Crippen MR) is 114 cm³/mol. The number of nitrogens with two attached hydrogens (primary N) is 4. The largest absolute Gasteiger partial charge is 0.382 e. The Labute approximate surface area is 173 Å². The monoisotopic (exact) mass is 419 g/mol. The number of ketones is 1. The first-order chi connectivity index (χ1) is 14.2. The summed E-state index contributed by atoms with van der Waals surface area (Å²) in [4.78, 5) is 43.1. The summed E-state index contributed by atoms with van der Waals surface area (Å²) in [5.74, 6) is -0.262. The van der Waals surface area contributed by atoms with Crippen molar-refractivity contribution in [1.29, 1.82) is 0 Å². The van der Waals surface area contributed by atoms with Crippen molar-refractivity contribution in [2.24, 2.45) is 16.5 Å². The van der Waals surface area contributed by atoms with Crippen molar-refractivity contribution < 1.29 is 9.59 Å². The minimum Gasteiger partial charge on any atom is -0.382 e. The van der Waals surface area contributed by atoms with Crippen LogP contribution >= 0.6 is 0 Å². The lowest BCUT2D eigenvalue weighted by molar-refractivity contribution is -0.139. The molecule has 30 heavy (non-hydrogen) atoms. The Kier molecular flexibility index (Phi) is 7.86. The van der Waals surface area contributed by atoms with Crippen LogP contribution in [-0.2, 0) is 16.1 Å². The Balaban J connectivity index is 2.23. The van der Waals surface area contributed by atoms with E-state index in [0.29, 0.717) is 43.6 Å². The molecule has 9 N–H and O–H groups in total. The van der Waals surface area contributed by atoms with E-state index in [4.69, 9.17) is 22.9 Å². The van der Waals surface area contributed by atoms with Crippen molar-refractivity contribution in [2.45, 2.75) is 32.4 Å². The highest BCUT2D eigenvalue weighted by Crippen LogP contribution is 2.18. The number of likely N-dealkylation sites (N-methyl/N-ethyl adjacent to an activating group) is 1. The first kappa shape index (κ1) is 22.8. The van der Waals surface area contributed by atoms with Gasteiger partial charge in [0.15, 0.2) is 23.2 Å². The van der Waals surface area contributed by atoms with Gasteiger partial charge < -0.3 is 37.7 Å². The molecule has 0 fully saturated rings. The summed E-state index contributed by atoms with van der Waals surface area (Å²) in [5, 5.41) is 3.00. The summed E-state index contributed by atoms with van der Waals surface area (Å²) in [5.41, 5.74) is 22.9. The van der Waals surface area contributed by atoms with Gasteiger partial charge in [0.2, 0.25) is 11.9 Å². The van der Waals surface area contributed by atoms with Gasteiger partial charge in [-0.1, -0.05) is 0 Å². The number of anilines is 2. The Morgan fingerprint density at radius 3 is 2.67 bits per heavy atom. The van der Waals surface area contributed by atoms with Crippen LogP contribution in [0.2, 0.25) is 0 Å². The standard InChI is InChI=1S/C17H29N11O2/c1-10(29)11(4-3-5-23-16(19)20)28(7-6-22-2)12(30)8-27-9-24-13-14(18)25-17(21)26-15(13)27/h9,11,22H,3-8H2,1-2H3,(H4,19,20,23)(H4,18,21,25,26)/t11-/m1/s1. The molecule has 1 amide bonds. The first-order valence-corrected chi connectivity index (χ1v) is 9.48. The van der Waals surface area contributed by atoms with Crippen LogP contribution in [0.4, 0.5) is 11.8 Å². The second-order valence-corrected chi connectivity index (χ2v) is 6.78. The Morgan fingerprint density at radius 1 is 1.30 bits per heavy atom. The average molecular weight is 419 g/mol. The highest BCUT2D eigenvalue weighted by molar-refractivity contribution is 5.89. The van der Waals surface area contributed by atoms with Crippen molar-refractivity contribution in [3.63, 3.8) is 0 Å². The zero-order chi connectivity index (χ0) is 22.3. The predicted octanol–water partition coefficient (Wildman–Crippen LogP) is -1.95. The van der Waals surface area contributed by atoms with Crippen LogP contribution in [0.1, 0.15) is 19.8 Å². The molecule has 0 aliphatic carbocycles. The fourth-order valence-corrected chi connectivity index (χ4v) is 3.09. The molecule has 13 heteroatoms. The number of aromatic nitrogens is 4. The van der Waals surface area contributed by atoms with Crippen molar-refractivity contribution in [3.8, 4) is 0 Å². The molecule has 2 heterocycles. The summed E-state index contributed by atoms with van der Waals surface area (Å²) in [7, 11) is 1.77. The second kappa shape index (κ2) is 10.3. The summed E-state index contributed by atoms with van der Waals surface area (Å²) in [6.45, 7) is 2.64. The number of nitrogen functional groups attached to an aromatic ring is 2. The van der Waals surface area contributed by atoms with E-state index in [2.05, 4.69) is 25.3 Å². The molecule has 2 rings (SSSR count). The molecule has 0 saturated heterocycles. The highest BCUT2D eigenvalue weighted by atomic mass is 16.2. The van der Waals surface area contributed by atoms with Gasteiger partial charge in [0.1, 0.15) is 12.1 Å². The van der Waals surface area contributed by atoms with Crippen molar-refractivity contribution in [3.05, 3.63) is 6.33 Å². The van der Waals surface area contributed by atoms with Gasteiger partial charge in [-0.2, -0.15) is 9.97 Å². The number of rotatable bonds is 11. The van der Waals surface area contributed by atoms with E-state index < -0.39 is 6.04 Å². The lowest BCUT2D eigenvalue weighted by Crippen LogP contribution is -2.48. The van der Waals surface area contributed by atoms with Crippen LogP contribution in [0, 0.1) is 0 Å². The minimum atomic E-state index is -0.598. The van der Waals surface area contributed by atoms with Gasteiger partial charge in [-0.15, -0.1) is 0 Å². The number of nitrogens with zero attached hydrogens (tertiary/aromatic N) is 6. The van der Waals surface area contributed by atoms with Crippen LogP contribution in [0.25, 0.3) is 11.2 Å². The molecule has 0 radical (unpaired) electrons. The SMILES string of the molecule is CNCCN(C(=O)Cn1cnc2c(N)nc(N)nc21)[C@H](CCCN=C(N)N)C(C)=O. The number of amides is 1. The van der Waals surface area contributed by atoms with Crippen LogP contribution in [0.15, 0.2) is 11.3 Å². The zero-order valence-corrected chi connectivity index (χ0v) is 17.2. The molecule has 2 aromatic heterocycles. The smallest absolute Gasteiger partial charge is 0.243 e. The number of hydrogen-bond donors (Lipinski definition) is 5. The summed E-state index contributed by atoms with van der Waals surface area (Å²) in [6, 6.07) is -0.598. The molecule has 0 aliphatic rings. The molecule has 0 bridgehead atoms. The Morgan fingerprint density at radius 2 is 2.03 bits per heavy atom. The molecule has 0 spiro atoms. The van der Waals surface area contributed by atoms with E-state index in [1.807, 2.05) is 0 Å². The number of Topliss-reactive ketones (excluding diaryl/α,β-unsaturated/α-hetero) is 1. The molecule has 0 aliphatic heterocycles. The maximum Gasteiger partial charge on any atom is 0.243 e. The number of carbonyl (C=O) groups is 2. The molecule has 13 nitrogen and oxygen atoms in total. The van der Waals surface area contributed by atoms with Gasteiger partial charge in [-0.05, 0) is 26.8 Å². The Hall–Kier alpha value is -3.48. The lowest BCUT2D eigenvalue weighted by atomic mass is 10.1. The number of guanidine groups is 1. The van der Waals surface area contributed by atoms with Gasteiger partial charge in [0, 0.05) is 19.6 Å². The van der Waals surface area contributed by atoms with Gasteiger partial charge >= 0.3 is 0 Å². The number of hydrogen-bond acceptors (Lipinski definition) is 9. The van der Waals surface area contributed by atoms with E-state index in [0.717, 1.165) is 0 Å². The molecule has 0 unspecified atom stereocenters. The van der Waals surface area contributed by atoms with E-state index in [9.17, 15) is 9.59 Å².